The zero-order valence-electron chi connectivity index (χ0n) is 12.2. The van der Waals surface area contributed by atoms with Crippen molar-refractivity contribution < 1.29 is 0 Å². The lowest BCUT2D eigenvalue weighted by Crippen LogP contribution is -1.88. The van der Waals surface area contributed by atoms with E-state index in [4.69, 9.17) is 0 Å². The number of nitrogens with zero attached hydrogens (tertiary/aromatic N) is 2. The highest BCUT2D eigenvalue weighted by atomic mass is 15.0. The predicted octanol–water partition coefficient (Wildman–Crippen LogP) is 4.70. The Morgan fingerprint density at radius 2 is 1.71 bits per heavy atom. The molecule has 2 heteroatoms. The van der Waals surface area contributed by atoms with Crippen molar-refractivity contribution in [3.63, 3.8) is 0 Å². The summed E-state index contributed by atoms with van der Waals surface area (Å²) < 4.78 is 2.08. The van der Waals surface area contributed by atoms with Crippen LogP contribution < -0.4 is 0 Å². The number of hydrogen-bond acceptors (Lipinski definition) is 1. The summed E-state index contributed by atoms with van der Waals surface area (Å²) >= 11 is 0. The van der Waals surface area contributed by atoms with Crippen LogP contribution in [0.25, 0.3) is 32.9 Å². The summed E-state index contributed by atoms with van der Waals surface area (Å²) in [5.41, 5.74) is 5.96. The van der Waals surface area contributed by atoms with E-state index in [0.29, 0.717) is 0 Å². The average molecular weight is 272 g/mol. The fourth-order valence-corrected chi connectivity index (χ4v) is 2.94. The molecule has 0 fully saturated rings. The van der Waals surface area contributed by atoms with E-state index in [1.54, 1.807) is 0 Å². The first-order valence-electron chi connectivity index (χ1n) is 7.14. The highest BCUT2D eigenvalue weighted by Crippen LogP contribution is 2.35. The molecular weight excluding hydrogens is 256 g/mol. The monoisotopic (exact) mass is 272 g/mol. The van der Waals surface area contributed by atoms with Crippen LogP contribution in [0.2, 0.25) is 0 Å². The Labute approximate surface area is 123 Å². The second-order valence-corrected chi connectivity index (χ2v) is 5.56. The van der Waals surface area contributed by atoms with Crippen molar-refractivity contribution in [2.24, 2.45) is 7.05 Å². The summed E-state index contributed by atoms with van der Waals surface area (Å²) in [6, 6.07) is 19.4. The maximum absolute atomic E-state index is 4.63. The number of benzene rings is 3. The Kier molecular flexibility index (Phi) is 2.58. The molecule has 3 aromatic carbocycles. The first-order valence-corrected chi connectivity index (χ1v) is 7.14. The van der Waals surface area contributed by atoms with Crippen LogP contribution in [0.4, 0.5) is 0 Å². The van der Waals surface area contributed by atoms with Gasteiger partial charge in [0, 0.05) is 12.6 Å². The molecular formula is C19H16N2. The van der Waals surface area contributed by atoms with Crippen LogP contribution in [-0.2, 0) is 7.05 Å². The minimum Gasteiger partial charge on any atom is -0.334 e. The Morgan fingerprint density at radius 3 is 2.52 bits per heavy atom. The van der Waals surface area contributed by atoms with Gasteiger partial charge in [-0.2, -0.15) is 0 Å². The molecule has 0 radical (unpaired) electrons. The molecule has 4 aromatic rings. The van der Waals surface area contributed by atoms with Crippen molar-refractivity contribution in [2.75, 3.05) is 0 Å². The molecule has 0 spiro atoms. The third-order valence-corrected chi connectivity index (χ3v) is 4.08. The van der Waals surface area contributed by atoms with Gasteiger partial charge in [-0.15, -0.1) is 0 Å². The molecule has 0 aliphatic heterocycles. The number of aromatic nitrogens is 2. The molecule has 0 atom stereocenters. The zero-order valence-corrected chi connectivity index (χ0v) is 12.2. The molecule has 21 heavy (non-hydrogen) atoms. The minimum atomic E-state index is 1.07. The zero-order chi connectivity index (χ0) is 14.4. The van der Waals surface area contributed by atoms with Gasteiger partial charge in [0.2, 0.25) is 0 Å². The maximum atomic E-state index is 4.63. The highest BCUT2D eigenvalue weighted by molar-refractivity contribution is 6.10. The fourth-order valence-electron chi connectivity index (χ4n) is 2.94. The van der Waals surface area contributed by atoms with Gasteiger partial charge in [-0.3, -0.25) is 0 Å². The van der Waals surface area contributed by atoms with Gasteiger partial charge < -0.3 is 4.57 Å². The van der Waals surface area contributed by atoms with Gasteiger partial charge in [-0.1, -0.05) is 54.1 Å². The van der Waals surface area contributed by atoms with Crippen LogP contribution in [0.1, 0.15) is 5.56 Å². The van der Waals surface area contributed by atoms with Crippen LogP contribution >= 0.6 is 0 Å². The van der Waals surface area contributed by atoms with Crippen LogP contribution in [-0.4, -0.2) is 9.55 Å². The molecule has 1 heterocycles. The summed E-state index contributed by atoms with van der Waals surface area (Å²) in [7, 11) is 2.04. The van der Waals surface area contributed by atoms with Crippen LogP contribution in [0.5, 0.6) is 0 Å². The molecule has 0 N–H and O–H groups in total. The van der Waals surface area contributed by atoms with Gasteiger partial charge in [0.25, 0.3) is 0 Å². The van der Waals surface area contributed by atoms with Crippen molar-refractivity contribution in [1.29, 1.82) is 0 Å². The standard InChI is InChI=1S/C19H16N2/c1-13-7-9-14(10-8-13)18-16-6-4-3-5-15(16)11-17-19(18)20-12-21(17)2/h3-12H,1-2H3. The normalized spacial score (nSPS) is 11.3. The van der Waals surface area contributed by atoms with E-state index in [0.717, 1.165) is 5.52 Å². The minimum absolute atomic E-state index is 1.07. The van der Waals surface area contributed by atoms with E-state index in [-0.39, 0.29) is 0 Å². The third kappa shape index (κ3) is 1.83. The van der Waals surface area contributed by atoms with Crippen molar-refractivity contribution in [1.82, 2.24) is 9.55 Å². The first-order chi connectivity index (χ1) is 10.2. The Balaban J connectivity index is 2.19. The molecule has 0 saturated carbocycles. The third-order valence-electron chi connectivity index (χ3n) is 4.08. The van der Waals surface area contributed by atoms with Gasteiger partial charge in [0.05, 0.1) is 17.4 Å². The van der Waals surface area contributed by atoms with Gasteiger partial charge in [-0.05, 0) is 29.3 Å². The molecule has 0 aliphatic rings. The first kappa shape index (κ1) is 12.2. The summed E-state index contributed by atoms with van der Waals surface area (Å²) in [5, 5.41) is 2.51. The molecule has 0 saturated heterocycles. The Bertz CT molecular complexity index is 947. The number of hydrogen-bond donors (Lipinski definition) is 0. The molecule has 0 amide bonds. The SMILES string of the molecule is Cc1ccc(-c2c3ccccc3cc3c2ncn3C)cc1. The number of imidazole rings is 1. The van der Waals surface area contributed by atoms with Gasteiger partial charge in [-0.25, -0.2) is 4.98 Å². The van der Waals surface area contributed by atoms with E-state index in [1.165, 1.54) is 33.0 Å². The lowest BCUT2D eigenvalue weighted by molar-refractivity contribution is 0.948. The summed E-state index contributed by atoms with van der Waals surface area (Å²) in [6.45, 7) is 2.11. The smallest absolute Gasteiger partial charge is 0.0969 e. The van der Waals surface area contributed by atoms with Gasteiger partial charge in [0.15, 0.2) is 0 Å². The van der Waals surface area contributed by atoms with Crippen LogP contribution in [0.15, 0.2) is 60.9 Å². The predicted molar refractivity (Wildman–Crippen MR) is 88.4 cm³/mol. The summed E-state index contributed by atoms with van der Waals surface area (Å²) in [4.78, 5) is 4.63. The Hall–Kier alpha value is -2.61. The topological polar surface area (TPSA) is 17.8 Å². The molecule has 102 valence electrons. The fraction of sp³-hybridized carbons (Fsp3) is 0.105. The van der Waals surface area contributed by atoms with Gasteiger partial charge >= 0.3 is 0 Å². The Morgan fingerprint density at radius 1 is 0.952 bits per heavy atom. The quantitative estimate of drug-likeness (QED) is 0.491. The van der Waals surface area contributed by atoms with Crippen LogP contribution in [0.3, 0.4) is 0 Å². The van der Waals surface area contributed by atoms with Crippen molar-refractivity contribution in [3.05, 3.63) is 66.5 Å². The number of aryl methyl sites for hydroxylation is 2. The maximum Gasteiger partial charge on any atom is 0.0969 e. The molecule has 0 unspecified atom stereocenters. The second-order valence-electron chi connectivity index (χ2n) is 5.56. The van der Waals surface area contributed by atoms with E-state index in [2.05, 4.69) is 71.1 Å². The molecule has 0 bridgehead atoms. The van der Waals surface area contributed by atoms with Crippen molar-refractivity contribution >= 4 is 21.8 Å². The average Bonchev–Trinajstić information content (AvgIpc) is 2.87. The van der Waals surface area contributed by atoms with Crippen LogP contribution in [0, 0.1) is 6.92 Å². The largest absolute Gasteiger partial charge is 0.334 e. The van der Waals surface area contributed by atoms with E-state index >= 15 is 0 Å². The molecule has 4 rings (SSSR count). The van der Waals surface area contributed by atoms with E-state index < -0.39 is 0 Å². The summed E-state index contributed by atoms with van der Waals surface area (Å²) in [5.74, 6) is 0. The lowest BCUT2D eigenvalue weighted by atomic mass is 9.96. The van der Waals surface area contributed by atoms with E-state index in [1.807, 2.05) is 13.4 Å². The van der Waals surface area contributed by atoms with Crippen molar-refractivity contribution in [3.8, 4) is 11.1 Å². The molecule has 2 nitrogen and oxygen atoms in total. The van der Waals surface area contributed by atoms with E-state index in [9.17, 15) is 0 Å². The lowest BCUT2D eigenvalue weighted by Gasteiger charge is -2.09. The number of rotatable bonds is 1. The molecule has 0 aliphatic carbocycles. The highest BCUT2D eigenvalue weighted by Gasteiger charge is 2.12. The van der Waals surface area contributed by atoms with Crippen molar-refractivity contribution in [2.45, 2.75) is 6.92 Å². The molecule has 1 aromatic heterocycles. The summed E-state index contributed by atoms with van der Waals surface area (Å²) in [6.07, 6.45) is 1.89. The second kappa shape index (κ2) is 4.45. The number of fused-ring (bicyclic) bond motifs is 2. The van der Waals surface area contributed by atoms with Gasteiger partial charge in [0.1, 0.15) is 0 Å².